The second kappa shape index (κ2) is 9.75. The molecule has 2 aromatic heterocycles. The number of piperidine rings is 1. The Morgan fingerprint density at radius 1 is 1.21 bits per heavy atom. The van der Waals surface area contributed by atoms with Crippen LogP contribution in [0.4, 0.5) is 22.0 Å². The van der Waals surface area contributed by atoms with E-state index in [1.807, 2.05) is 0 Å². The van der Waals surface area contributed by atoms with Gasteiger partial charge in [0.15, 0.2) is 14.9 Å². The number of sulfone groups is 1. The molecule has 0 aromatic carbocycles. The molecule has 1 N–H and O–H groups in total. The molecule has 0 atom stereocenters. The number of nitrogens with one attached hydrogen (secondary N) is 1. The number of nitrogens with zero attached hydrogens (tertiary/aromatic N) is 5. The molecule has 0 bridgehead atoms. The van der Waals surface area contributed by atoms with Gasteiger partial charge in [0.2, 0.25) is 5.82 Å². The predicted octanol–water partition coefficient (Wildman–Crippen LogP) is 2.71. The minimum atomic E-state index is -3.48. The van der Waals surface area contributed by atoms with Crippen molar-refractivity contribution < 1.29 is 27.6 Å². The van der Waals surface area contributed by atoms with Crippen molar-refractivity contribution >= 4 is 33.1 Å². The van der Waals surface area contributed by atoms with Crippen molar-refractivity contribution in [2.45, 2.75) is 50.3 Å². The number of anilines is 2. The van der Waals surface area contributed by atoms with Crippen molar-refractivity contribution in [1.82, 2.24) is 19.9 Å². The largest absolute Gasteiger partial charge is 0.469 e. The third kappa shape index (κ3) is 6.50. The second-order valence-corrected chi connectivity index (χ2v) is 10.7. The van der Waals surface area contributed by atoms with Gasteiger partial charge in [-0.1, -0.05) is 0 Å². The Bertz CT molecular complexity index is 1160. The van der Waals surface area contributed by atoms with Crippen LogP contribution in [-0.4, -0.2) is 70.3 Å². The van der Waals surface area contributed by atoms with Crippen LogP contribution < -0.4 is 10.1 Å². The highest BCUT2D eigenvalue weighted by molar-refractivity contribution is 7.90. The van der Waals surface area contributed by atoms with E-state index >= 15 is 0 Å². The van der Waals surface area contributed by atoms with Gasteiger partial charge in [-0.15, -0.1) is 0 Å². The number of carbonyl (C=O) groups is 1. The van der Waals surface area contributed by atoms with Crippen LogP contribution in [0.2, 0.25) is 0 Å². The Morgan fingerprint density at radius 2 is 1.88 bits per heavy atom. The molecule has 1 saturated heterocycles. The predicted molar refractivity (Wildman–Crippen MR) is 121 cm³/mol. The van der Waals surface area contributed by atoms with E-state index in [9.17, 15) is 23.3 Å². The van der Waals surface area contributed by atoms with Crippen LogP contribution in [0.1, 0.15) is 33.6 Å². The van der Waals surface area contributed by atoms with E-state index in [0.717, 1.165) is 12.6 Å². The summed E-state index contributed by atoms with van der Waals surface area (Å²) in [4.78, 5) is 36.6. The summed E-state index contributed by atoms with van der Waals surface area (Å²) in [6, 6.07) is 2.70. The van der Waals surface area contributed by atoms with Crippen LogP contribution in [0, 0.1) is 10.1 Å². The molecular weight excluding hydrogens is 468 g/mol. The molecule has 1 amide bonds. The number of hydrogen-bond acceptors (Lipinski definition) is 11. The number of ether oxygens (including phenoxy) is 2. The second-order valence-electron chi connectivity index (χ2n) is 8.70. The Morgan fingerprint density at radius 3 is 2.41 bits per heavy atom. The lowest BCUT2D eigenvalue weighted by atomic mass is 10.1. The minimum absolute atomic E-state index is 0.128. The molecule has 14 heteroatoms. The van der Waals surface area contributed by atoms with E-state index in [1.54, 1.807) is 25.7 Å². The SMILES string of the molecule is CC(C)(C)OC(=O)N1CCC(Oc2ncnc(Nc3ccc(S(C)(=O)=O)nc3)c2[N+](=O)[O-])CC1. The Balaban J connectivity index is 1.71. The van der Waals surface area contributed by atoms with Crippen LogP contribution >= 0.6 is 0 Å². The van der Waals surface area contributed by atoms with Crippen LogP contribution in [0.5, 0.6) is 5.88 Å². The average molecular weight is 495 g/mol. The summed E-state index contributed by atoms with van der Waals surface area (Å²) in [6.07, 6.45) is 3.46. The van der Waals surface area contributed by atoms with E-state index < -0.39 is 38.2 Å². The van der Waals surface area contributed by atoms with Gasteiger partial charge in [0.05, 0.1) is 16.8 Å². The van der Waals surface area contributed by atoms with Crippen molar-refractivity contribution in [2.75, 3.05) is 24.7 Å². The van der Waals surface area contributed by atoms with Gasteiger partial charge in [-0.25, -0.2) is 23.2 Å². The fourth-order valence-electron chi connectivity index (χ4n) is 3.16. The highest BCUT2D eigenvalue weighted by Crippen LogP contribution is 2.34. The van der Waals surface area contributed by atoms with Gasteiger partial charge in [0, 0.05) is 32.2 Å². The van der Waals surface area contributed by atoms with Gasteiger partial charge < -0.3 is 19.7 Å². The Labute approximate surface area is 196 Å². The molecule has 3 rings (SSSR count). The number of nitro groups is 1. The number of likely N-dealkylation sites (tertiary alicyclic amines) is 1. The molecule has 0 saturated carbocycles. The van der Waals surface area contributed by atoms with Crippen LogP contribution in [0.25, 0.3) is 0 Å². The molecule has 1 aliphatic rings. The molecule has 1 aliphatic heterocycles. The average Bonchev–Trinajstić information content (AvgIpc) is 2.72. The smallest absolute Gasteiger partial charge is 0.410 e. The number of rotatable bonds is 6. The zero-order chi connectivity index (χ0) is 25.1. The molecule has 2 aromatic rings. The number of amides is 1. The monoisotopic (exact) mass is 494 g/mol. The summed E-state index contributed by atoms with van der Waals surface area (Å²) in [5.74, 6) is -0.339. The molecule has 1 fully saturated rings. The van der Waals surface area contributed by atoms with Gasteiger partial charge >= 0.3 is 11.8 Å². The number of aromatic nitrogens is 3. The summed E-state index contributed by atoms with van der Waals surface area (Å²) in [5, 5.41) is 14.4. The van der Waals surface area contributed by atoms with E-state index in [1.165, 1.54) is 18.3 Å². The van der Waals surface area contributed by atoms with Crippen LogP contribution in [-0.2, 0) is 14.6 Å². The summed E-state index contributed by atoms with van der Waals surface area (Å²) in [6.45, 7) is 6.12. The maximum Gasteiger partial charge on any atom is 0.410 e. The summed E-state index contributed by atoms with van der Waals surface area (Å²) in [5.41, 5.74) is -0.772. The standard InChI is InChI=1S/C20H26N6O7S/c1-20(2,3)33-19(27)25-9-7-14(8-10-25)32-18-16(26(28)29)17(22-12-23-18)24-13-5-6-15(21-11-13)34(4,30)31/h5-6,11-12,14H,7-10H2,1-4H3,(H,22,23,24). The molecule has 0 spiro atoms. The molecule has 0 unspecified atom stereocenters. The topological polar surface area (TPSA) is 167 Å². The Kier molecular flexibility index (Phi) is 7.19. The molecule has 0 aliphatic carbocycles. The first-order chi connectivity index (χ1) is 15.8. The number of pyridine rings is 1. The van der Waals surface area contributed by atoms with Gasteiger partial charge in [-0.2, -0.15) is 4.98 Å². The van der Waals surface area contributed by atoms with Crippen molar-refractivity contribution in [2.24, 2.45) is 0 Å². The lowest BCUT2D eigenvalue weighted by Crippen LogP contribution is -2.44. The molecule has 34 heavy (non-hydrogen) atoms. The normalized spacial score (nSPS) is 15.0. The third-order valence-electron chi connectivity index (χ3n) is 4.72. The molecular formula is C20H26N6O7S. The molecule has 184 valence electrons. The highest BCUT2D eigenvalue weighted by Gasteiger charge is 2.31. The maximum atomic E-state index is 12.2. The maximum absolute atomic E-state index is 12.2. The fraction of sp³-hybridized carbons (Fsp3) is 0.500. The highest BCUT2D eigenvalue weighted by atomic mass is 32.2. The van der Waals surface area contributed by atoms with Crippen molar-refractivity contribution in [3.05, 3.63) is 34.8 Å². The molecule has 3 heterocycles. The van der Waals surface area contributed by atoms with E-state index in [4.69, 9.17) is 9.47 Å². The molecule has 0 radical (unpaired) electrons. The summed E-state index contributed by atoms with van der Waals surface area (Å²) < 4.78 is 34.3. The lowest BCUT2D eigenvalue weighted by Gasteiger charge is -2.33. The van der Waals surface area contributed by atoms with Gasteiger partial charge in [0.1, 0.15) is 18.0 Å². The van der Waals surface area contributed by atoms with E-state index in [2.05, 4.69) is 20.3 Å². The van der Waals surface area contributed by atoms with Gasteiger partial charge in [-0.05, 0) is 32.9 Å². The van der Waals surface area contributed by atoms with Crippen molar-refractivity contribution in [3.63, 3.8) is 0 Å². The third-order valence-corrected chi connectivity index (χ3v) is 5.72. The first-order valence-corrected chi connectivity index (χ1v) is 12.3. The number of carbonyl (C=O) groups excluding carboxylic acids is 1. The first-order valence-electron chi connectivity index (χ1n) is 10.4. The van der Waals surface area contributed by atoms with E-state index in [-0.39, 0.29) is 16.7 Å². The first kappa shape index (κ1) is 25.1. The quantitative estimate of drug-likeness (QED) is 0.463. The Hall–Kier alpha value is -3.55. The van der Waals surface area contributed by atoms with Crippen LogP contribution in [0.15, 0.2) is 29.7 Å². The lowest BCUT2D eigenvalue weighted by molar-refractivity contribution is -0.385. The number of hydrogen-bond donors (Lipinski definition) is 1. The van der Waals surface area contributed by atoms with Crippen LogP contribution in [0.3, 0.4) is 0 Å². The minimum Gasteiger partial charge on any atom is -0.469 e. The fourth-order valence-corrected chi connectivity index (χ4v) is 3.72. The molecule has 13 nitrogen and oxygen atoms in total. The van der Waals surface area contributed by atoms with Gasteiger partial charge in [0.25, 0.3) is 5.88 Å². The van der Waals surface area contributed by atoms with Gasteiger partial charge in [-0.3, -0.25) is 10.1 Å². The zero-order valence-corrected chi connectivity index (χ0v) is 20.0. The van der Waals surface area contributed by atoms with Crippen molar-refractivity contribution in [1.29, 1.82) is 0 Å². The summed E-state index contributed by atoms with van der Waals surface area (Å²) >= 11 is 0. The van der Waals surface area contributed by atoms with E-state index in [0.29, 0.717) is 31.6 Å². The summed E-state index contributed by atoms with van der Waals surface area (Å²) in [7, 11) is -3.48. The van der Waals surface area contributed by atoms with Crippen molar-refractivity contribution in [3.8, 4) is 5.88 Å². The zero-order valence-electron chi connectivity index (χ0n) is 19.2.